The highest BCUT2D eigenvalue weighted by Gasteiger charge is 2.16. The molecule has 0 saturated carbocycles. The molecular weight excluding hydrogens is 264 g/mol. The van der Waals surface area contributed by atoms with E-state index in [0.29, 0.717) is 6.54 Å². The molecule has 0 unspecified atom stereocenters. The Labute approximate surface area is 125 Å². The van der Waals surface area contributed by atoms with Gasteiger partial charge in [-0.3, -0.25) is 4.90 Å². The molecular formula is C16H24N4O. The molecule has 0 amide bonds. The number of aromatic nitrogens is 2. The van der Waals surface area contributed by atoms with E-state index >= 15 is 0 Å². The minimum Gasteiger partial charge on any atom is -0.497 e. The topological polar surface area (TPSA) is 56.3 Å². The molecule has 114 valence electrons. The van der Waals surface area contributed by atoms with Gasteiger partial charge in [0, 0.05) is 19.2 Å². The Kier molecular flexibility index (Phi) is 4.41. The van der Waals surface area contributed by atoms with Gasteiger partial charge in [-0.25, -0.2) is 4.98 Å². The molecule has 0 bridgehead atoms. The van der Waals surface area contributed by atoms with Crippen LogP contribution in [0.2, 0.25) is 0 Å². The van der Waals surface area contributed by atoms with Crippen molar-refractivity contribution in [1.82, 2.24) is 14.5 Å². The van der Waals surface area contributed by atoms with Gasteiger partial charge in [-0.05, 0) is 38.1 Å². The van der Waals surface area contributed by atoms with E-state index < -0.39 is 0 Å². The molecule has 1 aromatic carbocycles. The molecule has 0 radical (unpaired) electrons. The number of benzene rings is 1. The third kappa shape index (κ3) is 3.04. The lowest BCUT2D eigenvalue weighted by Crippen LogP contribution is -2.30. The zero-order chi connectivity index (χ0) is 14.7. The Bertz CT molecular complexity index is 602. The first-order chi connectivity index (χ1) is 10.3. The van der Waals surface area contributed by atoms with Crippen LogP contribution in [0.1, 0.15) is 25.1 Å². The Morgan fingerprint density at radius 2 is 2.05 bits per heavy atom. The van der Waals surface area contributed by atoms with Gasteiger partial charge in [0.05, 0.1) is 24.7 Å². The first kappa shape index (κ1) is 14.4. The summed E-state index contributed by atoms with van der Waals surface area (Å²) in [6.07, 6.45) is 3.95. The maximum Gasteiger partial charge on any atom is 0.124 e. The largest absolute Gasteiger partial charge is 0.497 e. The number of ether oxygens (including phenoxy) is 1. The van der Waals surface area contributed by atoms with Crippen LogP contribution >= 0.6 is 0 Å². The number of imidazole rings is 1. The molecule has 2 heterocycles. The Hall–Kier alpha value is -1.59. The zero-order valence-corrected chi connectivity index (χ0v) is 12.7. The van der Waals surface area contributed by atoms with Crippen molar-refractivity contribution >= 4 is 11.0 Å². The summed E-state index contributed by atoms with van der Waals surface area (Å²) >= 11 is 0. The molecule has 3 rings (SSSR count). The van der Waals surface area contributed by atoms with Gasteiger partial charge >= 0.3 is 0 Å². The first-order valence-electron chi connectivity index (χ1n) is 7.77. The molecule has 21 heavy (non-hydrogen) atoms. The van der Waals surface area contributed by atoms with E-state index in [9.17, 15) is 0 Å². The second-order valence-corrected chi connectivity index (χ2v) is 5.66. The van der Waals surface area contributed by atoms with Crippen LogP contribution in [-0.4, -0.2) is 41.2 Å². The number of nitrogens with zero attached hydrogens (tertiary/aromatic N) is 3. The number of methoxy groups -OCH3 is 1. The van der Waals surface area contributed by atoms with E-state index in [-0.39, 0.29) is 0 Å². The molecule has 1 aromatic heterocycles. The van der Waals surface area contributed by atoms with Crippen LogP contribution in [0.5, 0.6) is 5.75 Å². The average Bonchev–Trinajstić information content (AvgIpc) is 2.85. The zero-order valence-electron chi connectivity index (χ0n) is 12.7. The van der Waals surface area contributed by atoms with E-state index in [2.05, 4.69) is 15.5 Å². The van der Waals surface area contributed by atoms with Crippen LogP contribution in [0.3, 0.4) is 0 Å². The predicted molar refractivity (Wildman–Crippen MR) is 84.5 cm³/mol. The first-order valence-corrected chi connectivity index (χ1v) is 7.77. The van der Waals surface area contributed by atoms with E-state index in [1.807, 2.05) is 12.1 Å². The van der Waals surface area contributed by atoms with Crippen molar-refractivity contribution < 1.29 is 4.74 Å². The fraction of sp³-hybridized carbons (Fsp3) is 0.562. The lowest BCUT2D eigenvalue weighted by atomic mass is 10.1. The maximum absolute atomic E-state index is 5.78. The van der Waals surface area contributed by atoms with Crippen molar-refractivity contribution in [2.75, 3.05) is 26.7 Å². The summed E-state index contributed by atoms with van der Waals surface area (Å²) in [5.41, 5.74) is 7.92. The Morgan fingerprint density at radius 1 is 1.24 bits per heavy atom. The quantitative estimate of drug-likeness (QED) is 0.914. The average molecular weight is 288 g/mol. The summed E-state index contributed by atoms with van der Waals surface area (Å²) in [6.45, 7) is 4.71. The van der Waals surface area contributed by atoms with Crippen molar-refractivity contribution in [3.05, 3.63) is 24.0 Å². The molecule has 1 aliphatic heterocycles. The molecule has 2 N–H and O–H groups in total. The van der Waals surface area contributed by atoms with Crippen molar-refractivity contribution in [2.24, 2.45) is 5.73 Å². The third-order valence-electron chi connectivity index (χ3n) is 4.20. The van der Waals surface area contributed by atoms with Gasteiger partial charge in [-0.2, -0.15) is 0 Å². The normalized spacial score (nSPS) is 16.5. The molecule has 5 nitrogen and oxygen atoms in total. The molecule has 5 heteroatoms. The van der Waals surface area contributed by atoms with Gasteiger partial charge in [0.15, 0.2) is 0 Å². The number of nitrogens with two attached hydrogens (primary N) is 1. The van der Waals surface area contributed by atoms with E-state index in [1.165, 1.54) is 32.4 Å². The van der Waals surface area contributed by atoms with Gasteiger partial charge < -0.3 is 15.0 Å². The van der Waals surface area contributed by atoms with E-state index in [1.54, 1.807) is 7.11 Å². The van der Waals surface area contributed by atoms with E-state index in [0.717, 1.165) is 35.7 Å². The monoisotopic (exact) mass is 288 g/mol. The summed E-state index contributed by atoms with van der Waals surface area (Å²) in [5, 5.41) is 0. The molecule has 0 aliphatic carbocycles. The van der Waals surface area contributed by atoms with Gasteiger partial charge in [0.2, 0.25) is 0 Å². The van der Waals surface area contributed by atoms with Gasteiger partial charge in [-0.1, -0.05) is 6.42 Å². The van der Waals surface area contributed by atoms with Crippen LogP contribution in [0, 0.1) is 0 Å². The predicted octanol–water partition coefficient (Wildman–Crippen LogP) is 1.99. The summed E-state index contributed by atoms with van der Waals surface area (Å²) in [4.78, 5) is 7.31. The van der Waals surface area contributed by atoms with Crippen LogP contribution in [-0.2, 0) is 13.1 Å². The highest BCUT2D eigenvalue weighted by Crippen LogP contribution is 2.23. The van der Waals surface area contributed by atoms with Crippen molar-refractivity contribution in [2.45, 2.75) is 32.4 Å². The van der Waals surface area contributed by atoms with Crippen molar-refractivity contribution in [3.8, 4) is 5.75 Å². The maximum atomic E-state index is 5.78. The van der Waals surface area contributed by atoms with Crippen LogP contribution in [0.25, 0.3) is 11.0 Å². The summed E-state index contributed by atoms with van der Waals surface area (Å²) < 4.78 is 7.55. The summed E-state index contributed by atoms with van der Waals surface area (Å²) in [7, 11) is 1.69. The molecule has 2 aromatic rings. The molecule has 1 aliphatic rings. The van der Waals surface area contributed by atoms with Crippen LogP contribution < -0.4 is 10.5 Å². The minimum atomic E-state index is 0.629. The second-order valence-electron chi connectivity index (χ2n) is 5.66. The molecule has 1 saturated heterocycles. The van der Waals surface area contributed by atoms with Crippen LogP contribution in [0.15, 0.2) is 18.2 Å². The third-order valence-corrected chi connectivity index (χ3v) is 4.20. The van der Waals surface area contributed by atoms with Gasteiger partial charge in [-0.15, -0.1) is 0 Å². The fourth-order valence-electron chi connectivity index (χ4n) is 3.10. The number of likely N-dealkylation sites (tertiary alicyclic amines) is 1. The Morgan fingerprint density at radius 3 is 2.76 bits per heavy atom. The lowest BCUT2D eigenvalue weighted by molar-refractivity contribution is 0.213. The number of rotatable bonds is 5. The highest BCUT2D eigenvalue weighted by molar-refractivity contribution is 5.77. The standard InChI is InChI=1S/C16H24N4O/c1-21-13-5-6-15-14(11-13)18-16(20(15)10-7-17)12-19-8-3-2-4-9-19/h5-6,11H,2-4,7-10,12,17H2,1H3. The highest BCUT2D eigenvalue weighted by atomic mass is 16.5. The van der Waals surface area contributed by atoms with Gasteiger partial charge in [0.25, 0.3) is 0 Å². The van der Waals surface area contributed by atoms with Gasteiger partial charge in [0.1, 0.15) is 11.6 Å². The number of hydrogen-bond donors (Lipinski definition) is 1. The molecule has 1 fully saturated rings. The summed E-state index contributed by atoms with van der Waals surface area (Å²) in [6, 6.07) is 6.07. The smallest absolute Gasteiger partial charge is 0.124 e. The van der Waals surface area contributed by atoms with Crippen molar-refractivity contribution in [3.63, 3.8) is 0 Å². The van der Waals surface area contributed by atoms with Crippen molar-refractivity contribution in [1.29, 1.82) is 0 Å². The number of hydrogen-bond acceptors (Lipinski definition) is 4. The SMILES string of the molecule is COc1ccc2c(c1)nc(CN1CCCCC1)n2CCN. The van der Waals surface area contributed by atoms with E-state index in [4.69, 9.17) is 15.5 Å². The Balaban J connectivity index is 1.93. The summed E-state index contributed by atoms with van der Waals surface area (Å²) in [5.74, 6) is 1.97. The number of fused-ring (bicyclic) bond motifs is 1. The second kappa shape index (κ2) is 6.45. The fourth-order valence-corrected chi connectivity index (χ4v) is 3.10. The molecule has 0 spiro atoms. The lowest BCUT2D eigenvalue weighted by Gasteiger charge is -2.26. The number of piperidine rings is 1. The molecule has 0 atom stereocenters. The van der Waals surface area contributed by atoms with Crippen LogP contribution in [0.4, 0.5) is 0 Å². The minimum absolute atomic E-state index is 0.629.